The number of nitrogens with zero attached hydrogens (tertiary/aromatic N) is 1. The summed E-state index contributed by atoms with van der Waals surface area (Å²) in [5.41, 5.74) is 2.93. The average Bonchev–Trinajstić information content (AvgIpc) is 3.00. The van der Waals surface area contributed by atoms with E-state index in [1.54, 1.807) is 61.7 Å². The molecule has 3 aromatic rings. The van der Waals surface area contributed by atoms with Crippen LogP contribution in [0.4, 0.5) is 10.1 Å². The van der Waals surface area contributed by atoms with E-state index in [2.05, 4.69) is 5.32 Å². The normalized spacial score (nSPS) is 13.7. The molecule has 156 valence electrons. The highest BCUT2D eigenvalue weighted by atomic mass is 19.1. The van der Waals surface area contributed by atoms with Crippen LogP contribution in [0.3, 0.4) is 0 Å². The van der Waals surface area contributed by atoms with Crippen LogP contribution >= 0.6 is 0 Å². The molecule has 4 rings (SSSR count). The molecule has 3 aromatic carbocycles. The van der Waals surface area contributed by atoms with Gasteiger partial charge in [0, 0.05) is 17.3 Å². The van der Waals surface area contributed by atoms with E-state index in [1.165, 1.54) is 6.07 Å². The minimum atomic E-state index is -0.508. The second-order valence-corrected chi connectivity index (χ2v) is 7.26. The first-order valence-corrected chi connectivity index (χ1v) is 9.80. The van der Waals surface area contributed by atoms with Crippen LogP contribution in [0.1, 0.15) is 16.7 Å². The van der Waals surface area contributed by atoms with Gasteiger partial charge in [-0.25, -0.2) is 4.39 Å². The first-order valence-electron chi connectivity index (χ1n) is 9.80. The molecule has 1 heterocycles. The van der Waals surface area contributed by atoms with E-state index in [0.29, 0.717) is 17.0 Å². The van der Waals surface area contributed by atoms with Gasteiger partial charge in [-0.2, -0.15) is 0 Å². The summed E-state index contributed by atoms with van der Waals surface area (Å²) in [5, 5.41) is 3.08. The standard InChI is InChI=1S/C25H21FN2O3/c1-16-10-12-17(13-11-16)22-23(27-19-7-5-8-20(14-19)31-2)25(30)28(24(22)29)15-18-6-3-4-9-21(18)26/h3-14,27H,15H2,1-2H3. The van der Waals surface area contributed by atoms with Gasteiger partial charge < -0.3 is 10.1 Å². The number of carbonyl (C=O) groups is 2. The van der Waals surface area contributed by atoms with E-state index < -0.39 is 17.6 Å². The fourth-order valence-corrected chi connectivity index (χ4v) is 3.47. The SMILES string of the molecule is COc1cccc(NC2=C(c3ccc(C)cc3)C(=O)N(Cc3ccccc3F)C2=O)c1. The van der Waals surface area contributed by atoms with Crippen molar-refractivity contribution in [3.05, 3.63) is 101 Å². The van der Waals surface area contributed by atoms with Crippen molar-refractivity contribution < 1.29 is 18.7 Å². The zero-order chi connectivity index (χ0) is 22.0. The van der Waals surface area contributed by atoms with Crippen molar-refractivity contribution in [2.75, 3.05) is 12.4 Å². The maximum absolute atomic E-state index is 14.2. The van der Waals surface area contributed by atoms with Gasteiger partial charge in [0.05, 0.1) is 19.2 Å². The number of aryl methyl sites for hydroxylation is 1. The third-order valence-electron chi connectivity index (χ3n) is 5.13. The number of amides is 2. The average molecular weight is 416 g/mol. The van der Waals surface area contributed by atoms with Gasteiger partial charge >= 0.3 is 0 Å². The predicted octanol–water partition coefficient (Wildman–Crippen LogP) is 4.53. The molecule has 0 saturated heterocycles. The van der Waals surface area contributed by atoms with E-state index in [-0.39, 0.29) is 23.4 Å². The minimum absolute atomic E-state index is 0.150. The number of hydrogen-bond acceptors (Lipinski definition) is 4. The highest BCUT2D eigenvalue weighted by molar-refractivity contribution is 6.36. The van der Waals surface area contributed by atoms with Gasteiger partial charge in [0.15, 0.2) is 0 Å². The zero-order valence-corrected chi connectivity index (χ0v) is 17.2. The van der Waals surface area contributed by atoms with Crippen molar-refractivity contribution >= 4 is 23.1 Å². The first kappa shape index (κ1) is 20.3. The number of hydrogen-bond donors (Lipinski definition) is 1. The van der Waals surface area contributed by atoms with Crippen LogP contribution in [0, 0.1) is 12.7 Å². The van der Waals surface area contributed by atoms with Gasteiger partial charge in [0.1, 0.15) is 17.3 Å². The van der Waals surface area contributed by atoms with Crippen molar-refractivity contribution in [2.45, 2.75) is 13.5 Å². The van der Waals surface area contributed by atoms with Crippen LogP contribution < -0.4 is 10.1 Å². The molecule has 1 N–H and O–H groups in total. The summed E-state index contributed by atoms with van der Waals surface area (Å²) in [7, 11) is 1.55. The Labute approximate surface area is 179 Å². The van der Waals surface area contributed by atoms with Crippen molar-refractivity contribution in [3.63, 3.8) is 0 Å². The highest BCUT2D eigenvalue weighted by Gasteiger charge is 2.39. The smallest absolute Gasteiger partial charge is 0.278 e. The van der Waals surface area contributed by atoms with Gasteiger partial charge in [0.25, 0.3) is 11.8 Å². The van der Waals surface area contributed by atoms with Crippen LogP contribution in [0.5, 0.6) is 5.75 Å². The van der Waals surface area contributed by atoms with Crippen molar-refractivity contribution in [2.24, 2.45) is 0 Å². The molecule has 0 saturated carbocycles. The largest absolute Gasteiger partial charge is 0.497 e. The summed E-state index contributed by atoms with van der Waals surface area (Å²) >= 11 is 0. The molecule has 31 heavy (non-hydrogen) atoms. The van der Waals surface area contributed by atoms with Gasteiger partial charge in [-0.1, -0.05) is 54.1 Å². The van der Waals surface area contributed by atoms with E-state index in [1.807, 2.05) is 19.1 Å². The molecular formula is C25H21FN2O3. The summed E-state index contributed by atoms with van der Waals surface area (Å²) in [4.78, 5) is 27.6. The van der Waals surface area contributed by atoms with Crippen LogP contribution in [0.25, 0.3) is 5.57 Å². The van der Waals surface area contributed by atoms with E-state index in [4.69, 9.17) is 4.74 Å². The Morgan fingerprint density at radius 2 is 1.68 bits per heavy atom. The second kappa shape index (κ2) is 8.44. The number of ether oxygens (including phenoxy) is 1. The number of rotatable bonds is 6. The molecule has 0 fully saturated rings. The highest BCUT2D eigenvalue weighted by Crippen LogP contribution is 2.32. The van der Waals surface area contributed by atoms with Gasteiger partial charge in [0.2, 0.25) is 0 Å². The van der Waals surface area contributed by atoms with E-state index >= 15 is 0 Å². The molecular weight excluding hydrogens is 395 g/mol. The Bertz CT molecular complexity index is 1190. The fraction of sp³-hybridized carbons (Fsp3) is 0.120. The fourth-order valence-electron chi connectivity index (χ4n) is 3.47. The Morgan fingerprint density at radius 1 is 0.935 bits per heavy atom. The molecule has 0 radical (unpaired) electrons. The number of methoxy groups -OCH3 is 1. The predicted molar refractivity (Wildman–Crippen MR) is 117 cm³/mol. The Hall–Kier alpha value is -3.93. The number of halogens is 1. The molecule has 2 amide bonds. The van der Waals surface area contributed by atoms with Gasteiger partial charge in [-0.3, -0.25) is 14.5 Å². The van der Waals surface area contributed by atoms with Crippen LogP contribution in [-0.2, 0) is 16.1 Å². The summed E-state index contributed by atoms with van der Waals surface area (Å²) < 4.78 is 19.4. The molecule has 0 atom stereocenters. The minimum Gasteiger partial charge on any atom is -0.497 e. The molecule has 0 unspecified atom stereocenters. The van der Waals surface area contributed by atoms with Crippen molar-refractivity contribution in [1.29, 1.82) is 0 Å². The lowest BCUT2D eigenvalue weighted by molar-refractivity contribution is -0.137. The number of carbonyl (C=O) groups excluding carboxylic acids is 2. The molecule has 0 bridgehead atoms. The molecule has 0 spiro atoms. The topological polar surface area (TPSA) is 58.6 Å². The first-order chi connectivity index (χ1) is 15.0. The van der Waals surface area contributed by atoms with E-state index in [9.17, 15) is 14.0 Å². The summed E-state index contributed by atoms with van der Waals surface area (Å²) in [6.45, 7) is 1.79. The monoisotopic (exact) mass is 416 g/mol. The summed E-state index contributed by atoms with van der Waals surface area (Å²) in [6.07, 6.45) is 0. The van der Waals surface area contributed by atoms with Gasteiger partial charge in [-0.15, -0.1) is 0 Å². The third kappa shape index (κ3) is 4.05. The van der Waals surface area contributed by atoms with Crippen LogP contribution in [0.15, 0.2) is 78.5 Å². The Kier molecular flexibility index (Phi) is 5.54. The molecule has 0 aliphatic carbocycles. The van der Waals surface area contributed by atoms with Crippen LogP contribution in [-0.4, -0.2) is 23.8 Å². The zero-order valence-electron chi connectivity index (χ0n) is 17.2. The lowest BCUT2D eigenvalue weighted by Crippen LogP contribution is -2.32. The molecule has 1 aliphatic rings. The number of benzene rings is 3. The van der Waals surface area contributed by atoms with Gasteiger partial charge in [-0.05, 0) is 30.7 Å². The maximum Gasteiger partial charge on any atom is 0.278 e. The summed E-state index contributed by atoms with van der Waals surface area (Å²) in [5.74, 6) is -0.828. The van der Waals surface area contributed by atoms with Crippen LogP contribution in [0.2, 0.25) is 0 Å². The second-order valence-electron chi connectivity index (χ2n) is 7.26. The lowest BCUT2D eigenvalue weighted by atomic mass is 10.0. The number of imide groups is 1. The van der Waals surface area contributed by atoms with E-state index in [0.717, 1.165) is 10.5 Å². The van der Waals surface area contributed by atoms with Crippen molar-refractivity contribution in [3.8, 4) is 5.75 Å². The Morgan fingerprint density at radius 3 is 2.39 bits per heavy atom. The lowest BCUT2D eigenvalue weighted by Gasteiger charge is -2.16. The molecule has 0 aromatic heterocycles. The molecule has 1 aliphatic heterocycles. The quantitative estimate of drug-likeness (QED) is 0.600. The van der Waals surface area contributed by atoms with Crippen molar-refractivity contribution in [1.82, 2.24) is 4.90 Å². The maximum atomic E-state index is 14.2. The molecule has 5 nitrogen and oxygen atoms in total. The Balaban J connectivity index is 1.75. The number of nitrogens with one attached hydrogen (secondary N) is 1. The molecule has 6 heteroatoms. The summed E-state index contributed by atoms with van der Waals surface area (Å²) in [6, 6.07) is 20.6. The number of anilines is 1. The third-order valence-corrected chi connectivity index (χ3v) is 5.13.